The topological polar surface area (TPSA) is 154 Å². The molecule has 1 saturated heterocycles. The lowest BCUT2D eigenvalue weighted by atomic mass is 9.95. The summed E-state index contributed by atoms with van der Waals surface area (Å²) in [6.07, 6.45) is 1.67. The molecule has 2 aromatic heterocycles. The van der Waals surface area contributed by atoms with Crippen molar-refractivity contribution in [1.82, 2.24) is 10.3 Å². The highest BCUT2D eigenvalue weighted by Crippen LogP contribution is 2.44. The maximum atomic E-state index is 12.7. The summed E-state index contributed by atoms with van der Waals surface area (Å²) in [6, 6.07) is 17.0. The predicted molar refractivity (Wildman–Crippen MR) is 167 cm³/mol. The lowest BCUT2D eigenvalue weighted by molar-refractivity contribution is -0.123. The van der Waals surface area contributed by atoms with Crippen molar-refractivity contribution in [2.75, 3.05) is 17.3 Å². The number of hydrogen-bond donors (Lipinski definition) is 4. The van der Waals surface area contributed by atoms with Gasteiger partial charge in [-0.3, -0.25) is 9.78 Å². The molecule has 2 unspecified atom stereocenters. The van der Waals surface area contributed by atoms with Crippen molar-refractivity contribution in [3.05, 3.63) is 95.5 Å². The van der Waals surface area contributed by atoms with E-state index in [2.05, 4.69) is 15.6 Å². The molecule has 1 aliphatic heterocycles. The SMILES string of the molecule is COc1cc(N2C(=S)NC(c3ccccn3)C2c2ccc(-c3cc(C(=O)O)cc(C(=O)O)c3)o2)ccc1NC(=O)C(C)(C)C. The van der Waals surface area contributed by atoms with E-state index >= 15 is 0 Å². The molecule has 0 spiro atoms. The predicted octanol–water partition coefficient (Wildman–Crippen LogP) is 5.91. The van der Waals surface area contributed by atoms with Crippen LogP contribution in [-0.4, -0.2) is 45.3 Å². The summed E-state index contributed by atoms with van der Waals surface area (Å²) in [6.45, 7) is 5.45. The molecule has 2 atom stereocenters. The Kier molecular flexibility index (Phi) is 8.11. The zero-order chi connectivity index (χ0) is 31.8. The zero-order valence-corrected chi connectivity index (χ0v) is 25.1. The van der Waals surface area contributed by atoms with Gasteiger partial charge in [0.25, 0.3) is 0 Å². The summed E-state index contributed by atoms with van der Waals surface area (Å²) in [7, 11) is 1.51. The Morgan fingerprint density at radius 3 is 2.30 bits per heavy atom. The number of thiocarbonyl (C=S) groups is 1. The van der Waals surface area contributed by atoms with E-state index in [4.69, 9.17) is 21.4 Å². The molecular weight excluding hydrogens is 584 g/mol. The molecule has 12 heteroatoms. The summed E-state index contributed by atoms with van der Waals surface area (Å²) < 4.78 is 11.9. The maximum Gasteiger partial charge on any atom is 0.335 e. The van der Waals surface area contributed by atoms with Crippen LogP contribution < -0.4 is 20.3 Å². The average Bonchev–Trinajstić information content (AvgIpc) is 3.61. The number of methoxy groups -OCH3 is 1. The number of carboxylic acid groups (broad SMARTS) is 2. The van der Waals surface area contributed by atoms with Crippen molar-refractivity contribution < 1.29 is 33.8 Å². The molecule has 0 bridgehead atoms. The number of amides is 1. The van der Waals surface area contributed by atoms with Crippen LogP contribution in [0.15, 0.2) is 77.3 Å². The molecule has 11 nitrogen and oxygen atoms in total. The number of anilines is 2. The van der Waals surface area contributed by atoms with Crippen molar-refractivity contribution in [1.29, 1.82) is 0 Å². The first-order valence-electron chi connectivity index (χ1n) is 13.6. The number of hydrogen-bond acceptors (Lipinski definition) is 7. The zero-order valence-electron chi connectivity index (χ0n) is 24.3. The lowest BCUT2D eigenvalue weighted by Crippen LogP contribution is -2.30. The number of nitrogens with zero attached hydrogens (tertiary/aromatic N) is 2. The molecule has 4 N–H and O–H groups in total. The molecule has 1 fully saturated rings. The highest BCUT2D eigenvalue weighted by Gasteiger charge is 2.43. The fraction of sp³-hybridized carbons (Fsp3) is 0.219. The van der Waals surface area contributed by atoms with E-state index < -0.39 is 29.4 Å². The van der Waals surface area contributed by atoms with Crippen LogP contribution in [0, 0.1) is 5.41 Å². The highest BCUT2D eigenvalue weighted by molar-refractivity contribution is 7.80. The van der Waals surface area contributed by atoms with E-state index in [-0.39, 0.29) is 22.8 Å². The van der Waals surface area contributed by atoms with Gasteiger partial charge in [0.1, 0.15) is 23.3 Å². The van der Waals surface area contributed by atoms with Gasteiger partial charge in [-0.15, -0.1) is 0 Å². The van der Waals surface area contributed by atoms with Crippen molar-refractivity contribution in [2.45, 2.75) is 32.9 Å². The van der Waals surface area contributed by atoms with Gasteiger partial charge in [-0.25, -0.2) is 9.59 Å². The average molecular weight is 615 g/mol. The van der Waals surface area contributed by atoms with Crippen molar-refractivity contribution in [3.63, 3.8) is 0 Å². The van der Waals surface area contributed by atoms with E-state index in [0.717, 1.165) is 6.07 Å². The molecule has 0 aliphatic carbocycles. The van der Waals surface area contributed by atoms with Crippen LogP contribution in [0.5, 0.6) is 5.75 Å². The van der Waals surface area contributed by atoms with E-state index in [9.17, 15) is 24.6 Å². The molecule has 0 saturated carbocycles. The van der Waals surface area contributed by atoms with Crippen LogP contribution in [0.4, 0.5) is 11.4 Å². The number of furan rings is 1. The van der Waals surface area contributed by atoms with E-state index in [1.807, 2.05) is 43.9 Å². The number of benzene rings is 2. The monoisotopic (exact) mass is 614 g/mol. The van der Waals surface area contributed by atoms with Gasteiger partial charge >= 0.3 is 11.9 Å². The molecule has 1 aliphatic rings. The molecular formula is C32H30N4O7S. The second kappa shape index (κ2) is 11.8. The Bertz CT molecular complexity index is 1730. The minimum Gasteiger partial charge on any atom is -0.494 e. The minimum absolute atomic E-state index is 0.170. The summed E-state index contributed by atoms with van der Waals surface area (Å²) in [5, 5.41) is 25.7. The minimum atomic E-state index is -1.26. The van der Waals surface area contributed by atoms with Crippen LogP contribution in [-0.2, 0) is 4.79 Å². The molecule has 5 rings (SSSR count). The molecule has 4 aromatic rings. The van der Waals surface area contributed by atoms with Gasteiger partial charge in [-0.05, 0) is 66.8 Å². The molecule has 3 heterocycles. The first kappa shape index (κ1) is 30.2. The number of ether oxygens (including phenoxy) is 1. The van der Waals surface area contributed by atoms with Gasteiger partial charge < -0.3 is 34.9 Å². The summed E-state index contributed by atoms with van der Waals surface area (Å²) >= 11 is 5.80. The van der Waals surface area contributed by atoms with E-state index in [0.29, 0.717) is 39.3 Å². The van der Waals surface area contributed by atoms with Crippen molar-refractivity contribution in [2.24, 2.45) is 5.41 Å². The maximum absolute atomic E-state index is 12.7. The Morgan fingerprint density at radius 1 is 1.00 bits per heavy atom. The van der Waals surface area contributed by atoms with Crippen LogP contribution in [0.25, 0.3) is 11.3 Å². The molecule has 0 radical (unpaired) electrons. The number of pyridine rings is 1. The quantitative estimate of drug-likeness (QED) is 0.175. The summed E-state index contributed by atoms with van der Waals surface area (Å²) in [4.78, 5) is 42.5. The van der Waals surface area contributed by atoms with Crippen molar-refractivity contribution in [3.8, 4) is 17.1 Å². The second-order valence-corrected chi connectivity index (χ2v) is 11.6. The van der Waals surface area contributed by atoms with Gasteiger partial charge in [-0.1, -0.05) is 26.8 Å². The smallest absolute Gasteiger partial charge is 0.335 e. The first-order valence-corrected chi connectivity index (χ1v) is 14.0. The number of aromatic nitrogens is 1. The molecule has 44 heavy (non-hydrogen) atoms. The summed E-state index contributed by atoms with van der Waals surface area (Å²) in [5.41, 5.74) is 1.17. The molecule has 1 amide bonds. The Morgan fingerprint density at radius 2 is 1.70 bits per heavy atom. The van der Waals surface area contributed by atoms with Crippen molar-refractivity contribution >= 4 is 46.6 Å². The number of carbonyl (C=O) groups is 3. The Labute approximate surface area is 258 Å². The fourth-order valence-electron chi connectivity index (χ4n) is 4.85. The third-order valence-electron chi connectivity index (χ3n) is 7.12. The number of rotatable bonds is 8. The van der Waals surface area contributed by atoms with Gasteiger partial charge in [0.15, 0.2) is 5.11 Å². The standard InChI is InChI=1S/C32H30N4O7S/c1-32(2,3)30(41)34-21-9-8-20(16-25(21)42-4)36-27(26(35-31(36)44)22-7-5-6-12-33-22)24-11-10-23(43-24)17-13-18(28(37)38)15-19(14-17)29(39)40/h5-16,26-27H,1-4H3,(H,34,41)(H,35,44)(H,37,38)(H,39,40). The number of carbonyl (C=O) groups excluding carboxylic acids is 1. The Balaban J connectivity index is 1.59. The summed E-state index contributed by atoms with van der Waals surface area (Å²) in [5.74, 6) is -1.52. The first-order chi connectivity index (χ1) is 20.9. The third-order valence-corrected chi connectivity index (χ3v) is 7.44. The van der Waals surface area contributed by atoms with Gasteiger partial charge in [-0.2, -0.15) is 0 Å². The largest absolute Gasteiger partial charge is 0.494 e. The van der Waals surface area contributed by atoms with Gasteiger partial charge in [0.05, 0.1) is 35.7 Å². The number of carboxylic acids is 2. The molecule has 226 valence electrons. The number of nitrogens with one attached hydrogen (secondary N) is 2. The normalized spacial score (nSPS) is 16.4. The highest BCUT2D eigenvalue weighted by atomic mass is 32.1. The van der Waals surface area contributed by atoms with Crippen LogP contribution in [0.3, 0.4) is 0 Å². The van der Waals surface area contributed by atoms with E-state index in [1.54, 1.807) is 36.5 Å². The van der Waals surface area contributed by atoms with E-state index in [1.165, 1.54) is 19.2 Å². The van der Waals surface area contributed by atoms with Crippen LogP contribution >= 0.6 is 12.2 Å². The number of aromatic carboxylic acids is 2. The fourth-order valence-corrected chi connectivity index (χ4v) is 5.19. The third kappa shape index (κ3) is 5.97. The second-order valence-electron chi connectivity index (χ2n) is 11.2. The molecule has 2 aromatic carbocycles. The van der Waals surface area contributed by atoms with Gasteiger partial charge in [0.2, 0.25) is 5.91 Å². The van der Waals surface area contributed by atoms with Gasteiger partial charge in [0, 0.05) is 28.9 Å². The van der Waals surface area contributed by atoms with Crippen LogP contribution in [0.1, 0.15) is 65.0 Å². The lowest BCUT2D eigenvalue weighted by Gasteiger charge is -2.27. The van der Waals surface area contributed by atoms with Crippen LogP contribution in [0.2, 0.25) is 0 Å². The Hall–Kier alpha value is -5.23.